The average molecular weight is 337 g/mol. The summed E-state index contributed by atoms with van der Waals surface area (Å²) in [6.45, 7) is 5.62. The van der Waals surface area contributed by atoms with Gasteiger partial charge in [0.1, 0.15) is 23.7 Å². The summed E-state index contributed by atoms with van der Waals surface area (Å²) >= 11 is 0. The Morgan fingerprint density at radius 1 is 1.29 bits per heavy atom. The van der Waals surface area contributed by atoms with Gasteiger partial charge in [-0.15, -0.1) is 0 Å². The third-order valence-corrected chi connectivity index (χ3v) is 3.90. The van der Waals surface area contributed by atoms with E-state index in [1.807, 2.05) is 11.9 Å². The van der Waals surface area contributed by atoms with Gasteiger partial charge in [0.15, 0.2) is 0 Å². The van der Waals surface area contributed by atoms with Gasteiger partial charge in [0.05, 0.1) is 0 Å². The van der Waals surface area contributed by atoms with Crippen LogP contribution in [0.25, 0.3) is 0 Å². The number of carbonyl (C=O) groups excluding carboxylic acids is 2. The van der Waals surface area contributed by atoms with Crippen molar-refractivity contribution in [3.05, 3.63) is 30.1 Å². The van der Waals surface area contributed by atoms with Crippen molar-refractivity contribution in [3.63, 3.8) is 0 Å². The lowest BCUT2D eigenvalue weighted by atomic mass is 10.1. The van der Waals surface area contributed by atoms with Gasteiger partial charge in [0.2, 0.25) is 0 Å². The summed E-state index contributed by atoms with van der Waals surface area (Å²) in [6, 6.07) is 5.70. The smallest absolute Gasteiger partial charge is 0.325 e. The average Bonchev–Trinajstić information content (AvgIpc) is 2.69. The second-order valence-electron chi connectivity index (χ2n) is 6.47. The van der Waals surface area contributed by atoms with Gasteiger partial charge in [-0.1, -0.05) is 6.07 Å². The largest absolute Gasteiger partial charge is 0.492 e. The van der Waals surface area contributed by atoms with E-state index >= 15 is 0 Å². The molecule has 0 saturated carbocycles. The monoisotopic (exact) mass is 337 g/mol. The maximum Gasteiger partial charge on any atom is 0.325 e. The van der Waals surface area contributed by atoms with Gasteiger partial charge >= 0.3 is 6.03 Å². The van der Waals surface area contributed by atoms with Gasteiger partial charge in [-0.25, -0.2) is 9.18 Å². The van der Waals surface area contributed by atoms with Crippen molar-refractivity contribution in [1.29, 1.82) is 0 Å². The summed E-state index contributed by atoms with van der Waals surface area (Å²) in [6.07, 6.45) is 0.686. The highest BCUT2D eigenvalue weighted by molar-refractivity contribution is 6.06. The number of amides is 3. The SMILES string of the molecule is CN(CCCN1C(=O)NC(C)(C)C1=O)CCOc1cccc(F)c1. The van der Waals surface area contributed by atoms with E-state index in [-0.39, 0.29) is 17.8 Å². The fourth-order valence-electron chi connectivity index (χ4n) is 2.51. The number of halogens is 1. The first-order valence-electron chi connectivity index (χ1n) is 8.00. The van der Waals surface area contributed by atoms with E-state index in [9.17, 15) is 14.0 Å². The Hall–Kier alpha value is -2.15. The molecule has 0 unspecified atom stereocenters. The third-order valence-electron chi connectivity index (χ3n) is 3.90. The highest BCUT2D eigenvalue weighted by Crippen LogP contribution is 2.16. The Kier molecular flexibility index (Phi) is 5.77. The van der Waals surface area contributed by atoms with Crippen molar-refractivity contribution in [1.82, 2.24) is 15.1 Å². The molecular weight excluding hydrogens is 313 g/mol. The number of benzene rings is 1. The Morgan fingerprint density at radius 2 is 2.04 bits per heavy atom. The van der Waals surface area contributed by atoms with Crippen molar-refractivity contribution in [2.24, 2.45) is 0 Å². The Morgan fingerprint density at radius 3 is 2.67 bits per heavy atom. The number of hydrogen-bond acceptors (Lipinski definition) is 4. The third kappa shape index (κ3) is 4.67. The number of nitrogens with one attached hydrogen (secondary N) is 1. The highest BCUT2D eigenvalue weighted by atomic mass is 19.1. The first-order chi connectivity index (χ1) is 11.3. The molecule has 1 aromatic rings. The summed E-state index contributed by atoms with van der Waals surface area (Å²) in [5.74, 6) is -0.00751. The molecule has 1 heterocycles. The van der Waals surface area contributed by atoms with E-state index in [1.54, 1.807) is 26.0 Å². The van der Waals surface area contributed by atoms with Gasteiger partial charge < -0.3 is 15.0 Å². The van der Waals surface area contributed by atoms with Crippen molar-refractivity contribution in [3.8, 4) is 5.75 Å². The predicted molar refractivity (Wildman–Crippen MR) is 88.3 cm³/mol. The molecular formula is C17H24FN3O3. The molecule has 0 atom stereocenters. The van der Waals surface area contributed by atoms with E-state index in [0.717, 1.165) is 6.54 Å². The zero-order valence-electron chi connectivity index (χ0n) is 14.3. The molecule has 1 aliphatic heterocycles. The number of ether oxygens (including phenoxy) is 1. The van der Waals surface area contributed by atoms with Crippen molar-refractivity contribution < 1.29 is 18.7 Å². The number of rotatable bonds is 8. The molecule has 7 heteroatoms. The lowest BCUT2D eigenvalue weighted by molar-refractivity contribution is -0.130. The fraction of sp³-hybridized carbons (Fsp3) is 0.529. The number of nitrogens with zero attached hydrogens (tertiary/aromatic N) is 2. The van der Waals surface area contributed by atoms with Crippen LogP contribution in [0.1, 0.15) is 20.3 Å². The number of likely N-dealkylation sites (N-methyl/N-ethyl adjacent to an activating group) is 1. The number of hydrogen-bond donors (Lipinski definition) is 1. The standard InChI is InChI=1S/C17H24FN3O3/c1-17(2)15(22)21(16(23)19-17)9-5-8-20(3)10-11-24-14-7-4-6-13(18)12-14/h4,6-7,12H,5,8-11H2,1-3H3,(H,19,23). The molecule has 132 valence electrons. The Balaban J connectivity index is 1.66. The zero-order valence-corrected chi connectivity index (χ0v) is 14.3. The molecule has 1 fully saturated rings. The van der Waals surface area contributed by atoms with Crippen LogP contribution >= 0.6 is 0 Å². The summed E-state index contributed by atoms with van der Waals surface area (Å²) < 4.78 is 18.5. The lowest BCUT2D eigenvalue weighted by Crippen LogP contribution is -2.40. The number of imide groups is 1. The molecule has 3 amide bonds. The van der Waals surface area contributed by atoms with Crippen LogP contribution in [0.5, 0.6) is 5.75 Å². The van der Waals surface area contributed by atoms with Crippen LogP contribution in [0.4, 0.5) is 9.18 Å². The molecule has 0 aliphatic carbocycles. The van der Waals surface area contributed by atoms with Crippen molar-refractivity contribution in [2.75, 3.05) is 33.3 Å². The van der Waals surface area contributed by atoms with E-state index in [2.05, 4.69) is 5.32 Å². The van der Waals surface area contributed by atoms with E-state index in [0.29, 0.717) is 31.9 Å². The first kappa shape index (κ1) is 18.2. The van der Waals surface area contributed by atoms with E-state index < -0.39 is 5.54 Å². The van der Waals surface area contributed by atoms with Crippen LogP contribution < -0.4 is 10.1 Å². The topological polar surface area (TPSA) is 61.9 Å². The first-order valence-corrected chi connectivity index (χ1v) is 8.00. The van der Waals surface area contributed by atoms with Crippen molar-refractivity contribution in [2.45, 2.75) is 25.8 Å². The predicted octanol–water partition coefficient (Wildman–Crippen LogP) is 1.86. The lowest BCUT2D eigenvalue weighted by Gasteiger charge is -2.19. The molecule has 6 nitrogen and oxygen atoms in total. The molecule has 1 N–H and O–H groups in total. The van der Waals surface area contributed by atoms with Gasteiger partial charge in [-0.3, -0.25) is 9.69 Å². The van der Waals surface area contributed by atoms with E-state index in [1.165, 1.54) is 17.0 Å². The minimum atomic E-state index is -0.818. The maximum atomic E-state index is 13.0. The van der Waals surface area contributed by atoms with Gasteiger partial charge in [0, 0.05) is 19.2 Å². The van der Waals surface area contributed by atoms with Crippen LogP contribution in [0, 0.1) is 5.82 Å². The minimum absolute atomic E-state index is 0.190. The molecule has 2 rings (SSSR count). The number of urea groups is 1. The van der Waals surface area contributed by atoms with Gasteiger partial charge in [-0.05, 0) is 46.0 Å². The van der Waals surface area contributed by atoms with Crippen LogP contribution in [0.2, 0.25) is 0 Å². The molecule has 1 saturated heterocycles. The molecule has 1 aliphatic rings. The summed E-state index contributed by atoms with van der Waals surface area (Å²) in [7, 11) is 1.94. The molecule has 0 aromatic heterocycles. The number of carbonyl (C=O) groups is 2. The highest BCUT2D eigenvalue weighted by Gasteiger charge is 2.43. The molecule has 24 heavy (non-hydrogen) atoms. The van der Waals surface area contributed by atoms with Crippen LogP contribution in [-0.4, -0.2) is 60.6 Å². The molecule has 1 aromatic carbocycles. The minimum Gasteiger partial charge on any atom is -0.492 e. The Bertz CT molecular complexity index is 606. The normalized spacial score (nSPS) is 16.6. The van der Waals surface area contributed by atoms with Gasteiger partial charge in [0.25, 0.3) is 5.91 Å². The van der Waals surface area contributed by atoms with Crippen molar-refractivity contribution >= 4 is 11.9 Å². The molecule has 0 radical (unpaired) electrons. The van der Waals surface area contributed by atoms with Crippen LogP contribution in [0.15, 0.2) is 24.3 Å². The van der Waals surface area contributed by atoms with Crippen LogP contribution in [0.3, 0.4) is 0 Å². The second-order valence-corrected chi connectivity index (χ2v) is 6.47. The fourth-order valence-corrected chi connectivity index (χ4v) is 2.51. The Labute approximate surface area is 141 Å². The van der Waals surface area contributed by atoms with Crippen LogP contribution in [-0.2, 0) is 4.79 Å². The maximum absolute atomic E-state index is 13.0. The summed E-state index contributed by atoms with van der Waals surface area (Å²) in [5, 5.41) is 2.66. The second kappa shape index (κ2) is 7.61. The zero-order chi connectivity index (χ0) is 17.7. The summed E-state index contributed by atoms with van der Waals surface area (Å²) in [5.41, 5.74) is -0.818. The van der Waals surface area contributed by atoms with Gasteiger partial charge in [-0.2, -0.15) is 0 Å². The molecule has 0 bridgehead atoms. The van der Waals surface area contributed by atoms with E-state index in [4.69, 9.17) is 4.74 Å². The molecule has 0 spiro atoms. The summed E-state index contributed by atoms with van der Waals surface area (Å²) in [4.78, 5) is 27.1. The quantitative estimate of drug-likeness (QED) is 0.736.